The van der Waals surface area contributed by atoms with Crippen LogP contribution in [0.1, 0.15) is 154 Å². The molecule has 0 unspecified atom stereocenters. The van der Waals surface area contributed by atoms with Crippen LogP contribution in [0.2, 0.25) is 5.02 Å². The Hall–Kier alpha value is -6.27. The van der Waals surface area contributed by atoms with Gasteiger partial charge in [-0.2, -0.15) is 0 Å². The Bertz CT molecular complexity index is 2590. The molecular weight excluding hydrogens is 1010 g/mol. The minimum absolute atomic E-state index is 0.0109. The fourth-order valence-electron chi connectivity index (χ4n) is 9.91. The first-order valence-electron chi connectivity index (χ1n) is 27.0. The second-order valence-electron chi connectivity index (χ2n) is 22.6. The maximum absolute atomic E-state index is 14.2. The maximum atomic E-state index is 14.2. The number of cyclic esters (lactones) is 1. The van der Waals surface area contributed by atoms with E-state index in [1.807, 2.05) is 64.1 Å². The molecule has 418 valence electrons. The van der Waals surface area contributed by atoms with Crippen molar-refractivity contribution in [1.29, 1.82) is 0 Å². The predicted molar refractivity (Wildman–Crippen MR) is 284 cm³/mol. The number of aryl methyl sites for hydroxylation is 2. The lowest BCUT2D eigenvalue weighted by atomic mass is 9.80. The Morgan fingerprint density at radius 1 is 0.857 bits per heavy atom. The lowest BCUT2D eigenvalue weighted by molar-refractivity contribution is -0.197. The number of halogens is 1. The fraction of sp³-hybridized carbons (Fsp3) is 0.586. The highest BCUT2D eigenvalue weighted by Gasteiger charge is 2.60. The molecule has 2 saturated heterocycles. The molecule has 4 aliphatic rings. The molecule has 1 aliphatic carbocycles. The van der Waals surface area contributed by atoms with Crippen molar-refractivity contribution in [3.63, 3.8) is 0 Å². The first-order chi connectivity index (χ1) is 36.3. The minimum atomic E-state index is -1.14. The van der Waals surface area contributed by atoms with Crippen LogP contribution in [0.25, 0.3) is 0 Å². The van der Waals surface area contributed by atoms with Gasteiger partial charge in [-0.25, -0.2) is 9.59 Å². The Kier molecular flexibility index (Phi) is 20.2. The molecule has 6 amide bonds. The van der Waals surface area contributed by atoms with Crippen molar-refractivity contribution in [3.05, 3.63) is 81.9 Å². The number of hydrogen-bond acceptors (Lipinski definition) is 13. The number of epoxide rings is 1. The summed E-state index contributed by atoms with van der Waals surface area (Å²) in [4.78, 5) is 136. The summed E-state index contributed by atoms with van der Waals surface area (Å²) in [6.45, 7) is 16.4. The number of amides is 6. The smallest absolute Gasteiger partial charge is 0.333 e. The summed E-state index contributed by atoms with van der Waals surface area (Å²) in [5.41, 5.74) is 1.31. The molecule has 3 heterocycles. The van der Waals surface area contributed by atoms with E-state index in [1.54, 1.807) is 46.8 Å². The van der Waals surface area contributed by atoms with Gasteiger partial charge in [0.05, 0.1) is 23.1 Å². The lowest BCUT2D eigenvalue weighted by Gasteiger charge is -2.36. The maximum Gasteiger partial charge on any atom is 0.333 e. The topological polar surface area (TPSA) is 253 Å². The number of imide groups is 1. The zero-order valence-corrected chi connectivity index (χ0v) is 46.6. The van der Waals surface area contributed by atoms with E-state index in [1.165, 1.54) is 6.08 Å². The highest BCUT2D eigenvalue weighted by Crippen LogP contribution is 2.50. The number of carbonyl (C=O) groups excluding carboxylic acids is 10. The fourth-order valence-corrected chi connectivity index (χ4v) is 10.1. The SMILES string of the molecule is Cc1ccc(C[C@H]2NC(=O)/C=C/C[C@@H]([C@H](C)[C@H]3O[C@@H]3c3ccc(CCC(=O)[C@H](C)NC(=O)[C@@H](CC(=O)CCCC(=O)ON4C(=O)CCC4=O)C(C)C)cc3)OC(=O)[C@H](CC(C)C)NC(=O)C(C)(C)C3(CC3)NC2=O)cc1Cl. The molecule has 2 aromatic carbocycles. The second kappa shape index (κ2) is 25.9. The highest BCUT2D eigenvalue weighted by molar-refractivity contribution is 6.31. The number of benzene rings is 2. The van der Waals surface area contributed by atoms with Crippen LogP contribution >= 0.6 is 11.6 Å². The Balaban J connectivity index is 1.05. The van der Waals surface area contributed by atoms with E-state index in [9.17, 15) is 47.9 Å². The lowest BCUT2D eigenvalue weighted by Crippen LogP contribution is -2.60. The third-order valence-corrected chi connectivity index (χ3v) is 15.9. The summed E-state index contributed by atoms with van der Waals surface area (Å²) in [5, 5.41) is 12.7. The largest absolute Gasteiger partial charge is 0.460 e. The molecule has 8 atom stereocenters. The van der Waals surface area contributed by atoms with Crippen molar-refractivity contribution in [1.82, 2.24) is 26.3 Å². The van der Waals surface area contributed by atoms with Gasteiger partial charge in [-0.05, 0) is 106 Å². The highest BCUT2D eigenvalue weighted by atomic mass is 35.5. The zero-order chi connectivity index (χ0) is 56.5. The number of nitrogens with one attached hydrogen (secondary N) is 4. The quantitative estimate of drug-likeness (QED) is 0.0589. The molecule has 0 radical (unpaired) electrons. The van der Waals surface area contributed by atoms with Crippen LogP contribution in [0.4, 0.5) is 0 Å². The van der Waals surface area contributed by atoms with Gasteiger partial charge < -0.3 is 35.6 Å². The first-order valence-corrected chi connectivity index (χ1v) is 27.4. The molecular formula is C58H76ClN5O13. The third-order valence-electron chi connectivity index (χ3n) is 15.5. The summed E-state index contributed by atoms with van der Waals surface area (Å²) < 4.78 is 12.5. The van der Waals surface area contributed by atoms with Crippen molar-refractivity contribution in [2.75, 3.05) is 0 Å². The number of ether oxygens (including phenoxy) is 2. The number of hydrogen-bond donors (Lipinski definition) is 4. The molecule has 3 fully saturated rings. The number of nitrogens with zero attached hydrogens (tertiary/aromatic N) is 1. The summed E-state index contributed by atoms with van der Waals surface area (Å²) in [7, 11) is 0. The van der Waals surface area contributed by atoms with Crippen molar-refractivity contribution < 1.29 is 62.3 Å². The average molecular weight is 1090 g/mol. The van der Waals surface area contributed by atoms with Crippen LogP contribution in [0.15, 0.2) is 54.6 Å². The molecule has 0 bridgehead atoms. The number of esters is 1. The van der Waals surface area contributed by atoms with Gasteiger partial charge in [0, 0.05) is 68.2 Å². The second-order valence-corrected chi connectivity index (χ2v) is 23.0. The molecule has 4 N–H and O–H groups in total. The van der Waals surface area contributed by atoms with Crippen molar-refractivity contribution in [3.8, 4) is 0 Å². The normalized spacial score (nSPS) is 24.1. The number of hydroxylamine groups is 2. The van der Waals surface area contributed by atoms with E-state index >= 15 is 0 Å². The van der Waals surface area contributed by atoms with Crippen molar-refractivity contribution >= 4 is 70.5 Å². The van der Waals surface area contributed by atoms with Crippen LogP contribution in [0.3, 0.4) is 0 Å². The number of carbonyl (C=O) groups is 10. The predicted octanol–water partition coefficient (Wildman–Crippen LogP) is 6.54. The van der Waals surface area contributed by atoms with Gasteiger partial charge in [-0.3, -0.25) is 38.4 Å². The van der Waals surface area contributed by atoms with Crippen LogP contribution in [0, 0.1) is 36.0 Å². The Morgan fingerprint density at radius 3 is 2.14 bits per heavy atom. The molecule has 77 heavy (non-hydrogen) atoms. The molecule has 1 saturated carbocycles. The Morgan fingerprint density at radius 2 is 1.52 bits per heavy atom. The van der Waals surface area contributed by atoms with Crippen LogP contribution < -0.4 is 21.3 Å². The van der Waals surface area contributed by atoms with Gasteiger partial charge in [0.2, 0.25) is 23.6 Å². The van der Waals surface area contributed by atoms with Crippen LogP contribution in [-0.4, -0.2) is 99.9 Å². The Labute approximate surface area is 456 Å². The molecule has 6 rings (SSSR count). The van der Waals surface area contributed by atoms with E-state index in [0.29, 0.717) is 35.8 Å². The summed E-state index contributed by atoms with van der Waals surface area (Å²) in [5.74, 6) is -6.13. The first kappa shape index (κ1) is 60.0. The molecule has 19 heteroatoms. The van der Waals surface area contributed by atoms with E-state index in [0.717, 1.165) is 22.3 Å². The number of Topliss-reactive ketones (excluding diaryl/α,β-unsaturated/α-hetero) is 2. The summed E-state index contributed by atoms with van der Waals surface area (Å²) in [6, 6.07) is 10.3. The van der Waals surface area contributed by atoms with Crippen LogP contribution in [0.5, 0.6) is 0 Å². The molecule has 3 aliphatic heterocycles. The molecule has 18 nitrogen and oxygen atoms in total. The molecule has 0 aromatic heterocycles. The van der Waals surface area contributed by atoms with Crippen LogP contribution in [-0.2, 0) is 75.1 Å². The van der Waals surface area contributed by atoms with Gasteiger partial charge in [0.15, 0.2) is 5.78 Å². The number of rotatable bonds is 21. The van der Waals surface area contributed by atoms with E-state index < -0.39 is 88.5 Å². The van der Waals surface area contributed by atoms with E-state index in [-0.39, 0.29) is 99.3 Å². The standard InChI is InChI=1S/C58H76ClN5O13/c1-32(2)28-44-55(73)75-46(13-11-14-47(67)61-43(30-38-17-16-34(5)42(59)29-38)54(72)63-58(26-27-58)57(8,9)56(74)62-44)35(6)51-52(76-51)39-21-18-37(19-22-39)20-23-45(66)36(7)60-53(71)41(33(3)4)31-40(65)12-10-15-50(70)77-64-48(68)24-25-49(64)69/h11,14,16-19,21-22,29,32-33,35-36,41,43-44,46,51-52H,10,12-13,15,20,23-28,30-31H2,1-9H3,(H,60,71)(H,61,67)(H,62,74)(H,63,72)/b14-11+/t35-,36-,41-,43+,44-,46-,51+,52+/m0/s1. The van der Waals surface area contributed by atoms with Gasteiger partial charge in [0.1, 0.15) is 30.1 Å². The summed E-state index contributed by atoms with van der Waals surface area (Å²) >= 11 is 6.44. The molecule has 1 spiro atoms. The average Bonchev–Trinajstić information content (AvgIpc) is 4.38. The minimum Gasteiger partial charge on any atom is -0.460 e. The monoisotopic (exact) mass is 1090 g/mol. The third kappa shape index (κ3) is 15.9. The number of ketones is 2. The van der Waals surface area contributed by atoms with Crippen molar-refractivity contribution in [2.24, 2.45) is 29.1 Å². The zero-order valence-electron chi connectivity index (χ0n) is 45.8. The molecule has 2 aromatic rings. The summed E-state index contributed by atoms with van der Waals surface area (Å²) in [6.07, 6.45) is 3.42. The van der Waals surface area contributed by atoms with Gasteiger partial charge >= 0.3 is 11.9 Å². The van der Waals surface area contributed by atoms with E-state index in [4.69, 9.17) is 25.9 Å². The van der Waals surface area contributed by atoms with Gasteiger partial charge in [0.25, 0.3) is 11.8 Å². The van der Waals surface area contributed by atoms with E-state index in [2.05, 4.69) is 21.3 Å². The van der Waals surface area contributed by atoms with Crippen molar-refractivity contribution in [2.45, 2.75) is 188 Å². The van der Waals surface area contributed by atoms with Gasteiger partial charge in [-0.15, -0.1) is 5.06 Å². The van der Waals surface area contributed by atoms with Gasteiger partial charge in [-0.1, -0.05) is 88.7 Å².